The number of halogens is 2. The second-order valence-corrected chi connectivity index (χ2v) is 5.75. The van der Waals surface area contributed by atoms with Crippen LogP contribution in [0.4, 0.5) is 8.78 Å². The van der Waals surface area contributed by atoms with Crippen LogP contribution in [0.2, 0.25) is 0 Å². The fourth-order valence-electron chi connectivity index (χ4n) is 3.61. The van der Waals surface area contributed by atoms with E-state index in [9.17, 15) is 8.78 Å². The minimum Gasteiger partial charge on any atom is -0.317 e. The highest BCUT2D eigenvalue weighted by atomic mass is 19.1. The Morgan fingerprint density at radius 1 is 1.21 bits per heavy atom. The summed E-state index contributed by atoms with van der Waals surface area (Å²) in [7, 11) is 2.01. The molecule has 2 unspecified atom stereocenters. The van der Waals surface area contributed by atoms with E-state index < -0.39 is 11.6 Å². The van der Waals surface area contributed by atoms with Crippen molar-refractivity contribution in [2.24, 2.45) is 0 Å². The zero-order valence-corrected chi connectivity index (χ0v) is 11.2. The smallest absolute Gasteiger partial charge is 0.130 e. The predicted molar refractivity (Wildman–Crippen MR) is 70.8 cm³/mol. The fourth-order valence-corrected chi connectivity index (χ4v) is 3.61. The van der Waals surface area contributed by atoms with Crippen molar-refractivity contribution in [1.29, 1.82) is 0 Å². The molecular formula is C15H20F2N2. The molecule has 1 aromatic carbocycles. The van der Waals surface area contributed by atoms with E-state index in [2.05, 4.69) is 10.2 Å². The van der Waals surface area contributed by atoms with Gasteiger partial charge in [-0.1, -0.05) is 6.07 Å². The molecule has 2 bridgehead atoms. The zero-order chi connectivity index (χ0) is 13.4. The minimum atomic E-state index is -0.502. The van der Waals surface area contributed by atoms with Crippen LogP contribution in [0.3, 0.4) is 0 Å². The molecule has 2 heterocycles. The molecular weight excluding hydrogens is 246 g/mol. The molecule has 104 valence electrons. The Kier molecular flexibility index (Phi) is 3.54. The average Bonchev–Trinajstić information content (AvgIpc) is 2.62. The molecule has 1 aromatic rings. The van der Waals surface area contributed by atoms with E-state index in [1.165, 1.54) is 18.9 Å². The zero-order valence-electron chi connectivity index (χ0n) is 11.2. The number of piperidine rings is 1. The van der Waals surface area contributed by atoms with Crippen LogP contribution in [-0.4, -0.2) is 30.1 Å². The summed E-state index contributed by atoms with van der Waals surface area (Å²) in [6.45, 7) is 0.609. The first kappa shape index (κ1) is 13.0. The summed E-state index contributed by atoms with van der Waals surface area (Å²) in [5, 5.41) is 3.36. The fraction of sp³-hybridized carbons (Fsp3) is 0.600. The Labute approximate surface area is 112 Å². The number of fused-ring (bicyclic) bond motifs is 2. The topological polar surface area (TPSA) is 15.3 Å². The lowest BCUT2D eigenvalue weighted by atomic mass is 9.97. The van der Waals surface area contributed by atoms with E-state index >= 15 is 0 Å². The Morgan fingerprint density at radius 2 is 1.89 bits per heavy atom. The van der Waals surface area contributed by atoms with Crippen LogP contribution in [-0.2, 0) is 6.54 Å². The van der Waals surface area contributed by atoms with Gasteiger partial charge < -0.3 is 5.32 Å². The van der Waals surface area contributed by atoms with Crippen LogP contribution in [0.15, 0.2) is 18.2 Å². The molecule has 0 saturated carbocycles. The summed E-state index contributed by atoms with van der Waals surface area (Å²) in [6, 6.07) is 5.58. The number of benzene rings is 1. The molecule has 2 aliphatic heterocycles. The SMILES string of the molecule is CNC1CC2CCC(C1)N2Cc1ccc(F)cc1F. The molecule has 2 atom stereocenters. The maximum atomic E-state index is 13.7. The molecule has 2 aliphatic rings. The van der Waals surface area contributed by atoms with Crippen molar-refractivity contribution in [2.75, 3.05) is 7.05 Å². The van der Waals surface area contributed by atoms with E-state index in [4.69, 9.17) is 0 Å². The van der Waals surface area contributed by atoms with Crippen molar-refractivity contribution in [3.05, 3.63) is 35.4 Å². The first-order valence-electron chi connectivity index (χ1n) is 7.04. The summed E-state index contributed by atoms with van der Waals surface area (Å²) in [4.78, 5) is 2.41. The molecule has 2 saturated heterocycles. The predicted octanol–water partition coefficient (Wildman–Crippen LogP) is 2.68. The molecule has 2 fully saturated rings. The lowest BCUT2D eigenvalue weighted by Crippen LogP contribution is -2.47. The number of rotatable bonds is 3. The van der Waals surface area contributed by atoms with Gasteiger partial charge in [-0.2, -0.15) is 0 Å². The van der Waals surface area contributed by atoms with E-state index in [1.807, 2.05) is 7.05 Å². The quantitative estimate of drug-likeness (QED) is 0.905. The van der Waals surface area contributed by atoms with Gasteiger partial charge in [-0.15, -0.1) is 0 Å². The lowest BCUT2D eigenvalue weighted by Gasteiger charge is -2.39. The van der Waals surface area contributed by atoms with Crippen LogP contribution in [0.1, 0.15) is 31.2 Å². The van der Waals surface area contributed by atoms with Crippen LogP contribution in [0, 0.1) is 11.6 Å². The molecule has 2 nitrogen and oxygen atoms in total. The third-order valence-corrected chi connectivity index (χ3v) is 4.66. The van der Waals surface area contributed by atoms with E-state index in [-0.39, 0.29) is 0 Å². The normalized spacial score (nSPS) is 30.8. The van der Waals surface area contributed by atoms with Gasteiger partial charge in [-0.25, -0.2) is 8.78 Å². The Bertz CT molecular complexity index is 449. The van der Waals surface area contributed by atoms with Crippen LogP contribution < -0.4 is 5.32 Å². The van der Waals surface area contributed by atoms with Crippen molar-refractivity contribution in [2.45, 2.75) is 50.4 Å². The molecule has 0 spiro atoms. The first-order chi connectivity index (χ1) is 9.17. The second kappa shape index (κ2) is 5.17. The van der Waals surface area contributed by atoms with Gasteiger partial charge in [-0.05, 0) is 38.8 Å². The Morgan fingerprint density at radius 3 is 2.47 bits per heavy atom. The minimum absolute atomic E-state index is 0.421. The number of hydrogen-bond acceptors (Lipinski definition) is 2. The van der Waals surface area contributed by atoms with Crippen molar-refractivity contribution in [1.82, 2.24) is 10.2 Å². The molecule has 0 aliphatic carbocycles. The summed E-state index contributed by atoms with van der Waals surface area (Å²) in [5.41, 5.74) is 0.612. The maximum Gasteiger partial charge on any atom is 0.130 e. The maximum absolute atomic E-state index is 13.7. The van der Waals surface area contributed by atoms with Gasteiger partial charge in [0.05, 0.1) is 0 Å². The Balaban J connectivity index is 1.74. The summed E-state index contributed by atoms with van der Waals surface area (Å²) in [6.07, 6.45) is 4.67. The number of hydrogen-bond donors (Lipinski definition) is 1. The molecule has 3 rings (SSSR count). The van der Waals surface area contributed by atoms with Crippen molar-refractivity contribution in [3.63, 3.8) is 0 Å². The van der Waals surface area contributed by atoms with E-state index in [0.29, 0.717) is 30.2 Å². The lowest BCUT2D eigenvalue weighted by molar-refractivity contribution is 0.110. The summed E-state index contributed by atoms with van der Waals surface area (Å²) < 4.78 is 26.7. The highest BCUT2D eigenvalue weighted by Crippen LogP contribution is 2.36. The standard InChI is InChI=1S/C15H20F2N2/c1-18-12-7-13-4-5-14(8-12)19(13)9-10-2-3-11(16)6-15(10)17/h2-3,6,12-14,18H,4-5,7-9H2,1H3. The first-order valence-corrected chi connectivity index (χ1v) is 7.04. The molecule has 0 radical (unpaired) electrons. The van der Waals surface area contributed by atoms with E-state index in [0.717, 1.165) is 18.9 Å². The highest BCUT2D eigenvalue weighted by molar-refractivity contribution is 5.19. The van der Waals surface area contributed by atoms with Gasteiger partial charge in [0.25, 0.3) is 0 Å². The van der Waals surface area contributed by atoms with Gasteiger partial charge in [0.2, 0.25) is 0 Å². The molecule has 0 amide bonds. The molecule has 4 heteroatoms. The van der Waals surface area contributed by atoms with Crippen LogP contribution >= 0.6 is 0 Å². The second-order valence-electron chi connectivity index (χ2n) is 5.75. The summed E-state index contributed by atoms with van der Waals surface area (Å²) in [5.74, 6) is -0.923. The Hall–Kier alpha value is -1.00. The molecule has 1 N–H and O–H groups in total. The van der Waals surface area contributed by atoms with Crippen molar-refractivity contribution >= 4 is 0 Å². The third-order valence-electron chi connectivity index (χ3n) is 4.66. The van der Waals surface area contributed by atoms with Gasteiger partial charge in [-0.3, -0.25) is 4.90 Å². The summed E-state index contributed by atoms with van der Waals surface area (Å²) >= 11 is 0. The molecule has 0 aromatic heterocycles. The van der Waals surface area contributed by atoms with Crippen LogP contribution in [0.5, 0.6) is 0 Å². The van der Waals surface area contributed by atoms with Crippen LogP contribution in [0.25, 0.3) is 0 Å². The van der Waals surface area contributed by atoms with Crippen molar-refractivity contribution < 1.29 is 8.78 Å². The van der Waals surface area contributed by atoms with Gasteiger partial charge in [0.15, 0.2) is 0 Å². The third kappa shape index (κ3) is 2.51. The van der Waals surface area contributed by atoms with Crippen molar-refractivity contribution in [3.8, 4) is 0 Å². The monoisotopic (exact) mass is 266 g/mol. The number of nitrogens with one attached hydrogen (secondary N) is 1. The number of nitrogens with zero attached hydrogens (tertiary/aromatic N) is 1. The van der Waals surface area contributed by atoms with E-state index in [1.54, 1.807) is 6.07 Å². The van der Waals surface area contributed by atoms with Gasteiger partial charge in [0, 0.05) is 36.3 Å². The molecule has 19 heavy (non-hydrogen) atoms. The van der Waals surface area contributed by atoms with Gasteiger partial charge in [0.1, 0.15) is 11.6 Å². The largest absolute Gasteiger partial charge is 0.317 e. The van der Waals surface area contributed by atoms with Gasteiger partial charge >= 0.3 is 0 Å². The highest BCUT2D eigenvalue weighted by Gasteiger charge is 2.40. The average molecular weight is 266 g/mol.